The van der Waals surface area contributed by atoms with Crippen molar-refractivity contribution >= 4 is 57.3 Å². The van der Waals surface area contributed by atoms with E-state index in [1.165, 1.54) is 85.1 Å². The lowest BCUT2D eigenvalue weighted by atomic mass is 9.78. The summed E-state index contributed by atoms with van der Waals surface area (Å²) in [7, 11) is 1.44. The standard InChI is InChI=1S/C47H64N4O12.BrH/c1-24-13-12-14-25(2)46(59)49-37-32(23-48-51-20-18-50(19-21-51)31-15-10-11-16-31)41(56)34-35(42(37)57)40(55)29(6)44-36(34)45(58)47(8,63-44)61-22-17-33(60-9)26(3)43(62-30(7)52)28(5)39(54)27(4)38(24)53;/h12-14,17,22-24,26-28,31,33,38-39,43,53-57H,10-11,15-16,18-21H2,1-9H3,(H,49,59);1H/b13-12+,22-17+,25-14-,48-23+;/t24-,26+,27+,28+,33-,38-,39+,43+,47-;/m0./s1. The highest BCUT2D eigenvalue weighted by atomic mass is 79.9. The molecule has 5 aliphatic rings. The van der Waals surface area contributed by atoms with Gasteiger partial charge in [0.15, 0.2) is 5.75 Å². The molecule has 4 aliphatic heterocycles. The molecule has 1 saturated carbocycles. The number of piperazine rings is 1. The van der Waals surface area contributed by atoms with Crippen LogP contribution in [0.5, 0.6) is 23.0 Å². The number of aliphatic hydroxyl groups excluding tert-OH is 2. The molecule has 0 aromatic heterocycles. The van der Waals surface area contributed by atoms with Crippen LogP contribution in [0.15, 0.2) is 41.2 Å². The normalized spacial score (nSPS) is 31.9. The van der Waals surface area contributed by atoms with Crippen molar-refractivity contribution < 1.29 is 58.9 Å². The average Bonchev–Trinajstić information content (AvgIpc) is 3.89. The summed E-state index contributed by atoms with van der Waals surface area (Å²) in [5, 5.41) is 67.6. The lowest BCUT2D eigenvalue weighted by Crippen LogP contribution is -2.47. The second-order valence-electron chi connectivity index (χ2n) is 17.8. The van der Waals surface area contributed by atoms with Crippen LogP contribution in [0.3, 0.4) is 0 Å². The zero-order chi connectivity index (χ0) is 46.1. The monoisotopic (exact) mass is 956 g/mol. The summed E-state index contributed by atoms with van der Waals surface area (Å²) in [4.78, 5) is 43.2. The molecule has 0 unspecified atom stereocenters. The van der Waals surface area contributed by atoms with E-state index in [0.29, 0.717) is 19.1 Å². The van der Waals surface area contributed by atoms with Crippen LogP contribution in [0.2, 0.25) is 0 Å². The van der Waals surface area contributed by atoms with Crippen molar-refractivity contribution in [2.75, 3.05) is 38.6 Å². The van der Waals surface area contributed by atoms with Crippen molar-refractivity contribution in [1.29, 1.82) is 0 Å². The maximum atomic E-state index is 14.5. The van der Waals surface area contributed by atoms with Crippen molar-refractivity contribution in [2.24, 2.45) is 28.8 Å². The van der Waals surface area contributed by atoms with E-state index in [0.717, 1.165) is 13.1 Å². The SMILES string of the molecule is Br.CO[C@H]1/C=C/O[C@@]2(C)Oc3c(C)c(O)c4c(O)c(c(/C=N/N5CCN(C6CCCC6)CC5)c(O)c4c3C2=O)NC(=O)/C(C)=C\C=C\[C@H](C)[C@H](O)[C@@H](C)[C@@H](O)[C@@H](C)[C@H](OC(C)=O)[C@@H]1C. The lowest BCUT2D eigenvalue weighted by molar-refractivity contribution is -0.160. The van der Waals surface area contributed by atoms with Crippen LogP contribution in [0.25, 0.3) is 10.8 Å². The van der Waals surface area contributed by atoms with Crippen LogP contribution in [-0.4, -0.2) is 129 Å². The first-order valence-corrected chi connectivity index (χ1v) is 21.9. The molecule has 1 saturated heterocycles. The molecule has 2 fully saturated rings. The van der Waals surface area contributed by atoms with E-state index in [9.17, 15) is 39.9 Å². The fourth-order valence-corrected chi connectivity index (χ4v) is 9.47. The number of nitrogens with zero attached hydrogens (tertiary/aromatic N) is 3. The number of esters is 1. The number of aliphatic hydroxyl groups is 2. The van der Waals surface area contributed by atoms with Gasteiger partial charge >= 0.3 is 11.8 Å². The number of nitrogens with one attached hydrogen (secondary N) is 1. The molecule has 16 nitrogen and oxygen atoms in total. The highest BCUT2D eigenvalue weighted by Crippen LogP contribution is 2.55. The van der Waals surface area contributed by atoms with Gasteiger partial charge in [-0.05, 0) is 32.8 Å². The third kappa shape index (κ3) is 9.93. The minimum Gasteiger partial charge on any atom is -0.507 e. The van der Waals surface area contributed by atoms with Gasteiger partial charge in [-0.2, -0.15) is 5.10 Å². The van der Waals surface area contributed by atoms with Gasteiger partial charge in [0.05, 0.1) is 53.0 Å². The van der Waals surface area contributed by atoms with Gasteiger partial charge in [-0.1, -0.05) is 58.8 Å². The summed E-state index contributed by atoms with van der Waals surface area (Å²) in [5.74, 6) is -8.28. The second kappa shape index (κ2) is 20.7. The topological polar surface area (TPSA) is 220 Å². The number of hydrazone groups is 1. The zero-order valence-electron chi connectivity index (χ0n) is 38.2. The minimum absolute atomic E-state index is 0. The number of ether oxygens (including phenoxy) is 4. The van der Waals surface area contributed by atoms with E-state index < -0.39 is 88.8 Å². The second-order valence-corrected chi connectivity index (χ2v) is 17.8. The first-order valence-electron chi connectivity index (χ1n) is 21.9. The Hall–Kier alpha value is -4.68. The summed E-state index contributed by atoms with van der Waals surface area (Å²) in [6, 6.07) is 0.553. The van der Waals surface area contributed by atoms with Crippen LogP contribution in [0.4, 0.5) is 5.69 Å². The first-order chi connectivity index (χ1) is 29.8. The molecule has 1 aliphatic carbocycles. The molecule has 17 heteroatoms. The van der Waals surface area contributed by atoms with E-state index in [1.54, 1.807) is 39.8 Å². The van der Waals surface area contributed by atoms with Crippen molar-refractivity contribution in [1.82, 2.24) is 9.91 Å². The van der Waals surface area contributed by atoms with Crippen molar-refractivity contribution in [2.45, 2.75) is 117 Å². The number of hydrogen-bond donors (Lipinski definition) is 6. The molecule has 352 valence electrons. The number of allylic oxidation sites excluding steroid dienone is 2. The summed E-state index contributed by atoms with van der Waals surface area (Å²) < 4.78 is 23.7. The predicted octanol–water partition coefficient (Wildman–Crippen LogP) is 6.23. The van der Waals surface area contributed by atoms with E-state index in [-0.39, 0.29) is 61.5 Å². The van der Waals surface area contributed by atoms with Gasteiger partial charge in [0.25, 0.3) is 11.7 Å². The fourth-order valence-electron chi connectivity index (χ4n) is 9.47. The Kier molecular flexibility index (Phi) is 16.2. The van der Waals surface area contributed by atoms with Crippen LogP contribution >= 0.6 is 17.0 Å². The molecule has 2 aromatic carbocycles. The number of halogens is 1. The molecule has 7 rings (SSSR count). The Morgan fingerprint density at radius 2 is 1.58 bits per heavy atom. The summed E-state index contributed by atoms with van der Waals surface area (Å²) in [5.41, 5.74) is -0.293. The molecule has 5 bridgehead atoms. The fraction of sp³-hybridized carbons (Fsp3) is 0.574. The van der Waals surface area contributed by atoms with Gasteiger partial charge in [0, 0.05) is 93.4 Å². The number of phenols is 3. The summed E-state index contributed by atoms with van der Waals surface area (Å²) in [6.07, 6.45) is 9.75. The summed E-state index contributed by atoms with van der Waals surface area (Å²) >= 11 is 0. The van der Waals surface area contributed by atoms with Gasteiger partial charge in [-0.15, -0.1) is 17.0 Å². The Labute approximate surface area is 385 Å². The number of Topliss-reactive ketones (excluding diaryl/α,β-unsaturated/α-hetero) is 1. The summed E-state index contributed by atoms with van der Waals surface area (Å²) in [6.45, 7) is 15.4. The van der Waals surface area contributed by atoms with Crippen LogP contribution < -0.4 is 10.1 Å². The van der Waals surface area contributed by atoms with E-state index in [4.69, 9.17) is 18.9 Å². The molecule has 9 atom stereocenters. The minimum atomic E-state index is -2.04. The quantitative estimate of drug-likeness (QED) is 0.0848. The number of hydrogen-bond acceptors (Lipinski definition) is 15. The smallest absolute Gasteiger partial charge is 0.312 e. The number of benzene rings is 2. The molecular formula is C47H65BrN4O12. The van der Waals surface area contributed by atoms with Crippen molar-refractivity contribution in [3.63, 3.8) is 0 Å². The Morgan fingerprint density at radius 1 is 0.922 bits per heavy atom. The van der Waals surface area contributed by atoms with Gasteiger partial charge < -0.3 is 49.8 Å². The van der Waals surface area contributed by atoms with Gasteiger partial charge in [0.1, 0.15) is 23.4 Å². The van der Waals surface area contributed by atoms with Crippen molar-refractivity contribution in [3.8, 4) is 23.0 Å². The maximum absolute atomic E-state index is 14.5. The third-order valence-electron chi connectivity index (χ3n) is 13.5. The predicted molar refractivity (Wildman–Crippen MR) is 247 cm³/mol. The number of carbonyl (C=O) groups excluding carboxylic acids is 3. The number of ketones is 1. The molecule has 64 heavy (non-hydrogen) atoms. The zero-order valence-corrected chi connectivity index (χ0v) is 39.9. The molecular weight excluding hydrogens is 892 g/mol. The molecule has 1 amide bonds. The number of phenolic OH excluding ortho intramolecular Hbond substituents is 3. The lowest BCUT2D eigenvalue weighted by Gasteiger charge is -2.38. The van der Waals surface area contributed by atoms with E-state index in [2.05, 4.69) is 15.3 Å². The largest absolute Gasteiger partial charge is 0.507 e. The van der Waals surface area contributed by atoms with Crippen LogP contribution in [0.1, 0.15) is 95.6 Å². The number of amides is 1. The van der Waals surface area contributed by atoms with Gasteiger partial charge in [0.2, 0.25) is 0 Å². The average molecular weight is 958 g/mol. The molecule has 6 N–H and O–H groups in total. The number of methoxy groups -OCH3 is 1. The first kappa shape index (κ1) is 50.3. The number of fused-ring (bicyclic) bond motifs is 14. The van der Waals surface area contributed by atoms with Crippen molar-refractivity contribution in [3.05, 3.63) is 52.8 Å². The maximum Gasteiger partial charge on any atom is 0.312 e. The third-order valence-corrected chi connectivity index (χ3v) is 13.5. The number of anilines is 1. The van der Waals surface area contributed by atoms with Crippen LogP contribution in [0, 0.1) is 30.6 Å². The van der Waals surface area contributed by atoms with Gasteiger partial charge in [-0.25, -0.2) is 0 Å². The Morgan fingerprint density at radius 3 is 2.20 bits per heavy atom. The Bertz CT molecular complexity index is 2200. The number of aromatic hydroxyl groups is 3. The Balaban J connectivity index is 0.00000771. The molecule has 4 heterocycles. The number of carbonyl (C=O) groups is 3. The molecule has 2 aromatic rings. The van der Waals surface area contributed by atoms with Crippen LogP contribution in [-0.2, 0) is 23.8 Å². The number of rotatable bonds is 5. The van der Waals surface area contributed by atoms with E-state index in [1.807, 2.05) is 5.01 Å². The van der Waals surface area contributed by atoms with Gasteiger partial charge in [-0.3, -0.25) is 24.3 Å². The molecule has 0 spiro atoms. The molecule has 0 radical (unpaired) electrons. The highest BCUT2D eigenvalue weighted by molar-refractivity contribution is 8.93. The van der Waals surface area contributed by atoms with E-state index >= 15 is 0 Å². The highest BCUT2D eigenvalue weighted by Gasteiger charge is 2.50.